The molecule has 0 saturated carbocycles. The maximum Gasteiger partial charge on any atom is 0.317 e. The number of carbonyl (C=O) groups excluding carboxylic acids is 1. The molecule has 1 aliphatic heterocycles. The normalized spacial score (nSPS) is 15.8. The number of aromatic nitrogens is 2. The van der Waals surface area contributed by atoms with Gasteiger partial charge in [0.2, 0.25) is 0 Å². The molecule has 1 N–H and O–H groups in total. The predicted molar refractivity (Wildman–Crippen MR) is 81.0 cm³/mol. The quantitative estimate of drug-likeness (QED) is 0.922. The second-order valence-corrected chi connectivity index (χ2v) is 5.28. The molecule has 0 bridgehead atoms. The molecule has 7 nitrogen and oxygen atoms in total. The highest BCUT2D eigenvalue weighted by molar-refractivity contribution is 5.74. The lowest BCUT2D eigenvalue weighted by Gasteiger charge is -2.32. The Morgan fingerprint density at radius 3 is 2.77 bits per heavy atom. The Morgan fingerprint density at radius 1 is 1.27 bits per heavy atom. The lowest BCUT2D eigenvalue weighted by Crippen LogP contribution is -2.50. The number of hydrogen-bond acceptors (Lipinski definition) is 5. The van der Waals surface area contributed by atoms with E-state index in [4.69, 9.17) is 4.42 Å². The number of carbonyl (C=O) groups is 1. The molecule has 116 valence electrons. The summed E-state index contributed by atoms with van der Waals surface area (Å²) in [4.78, 5) is 24.8. The molecular weight excluding hydrogens is 282 g/mol. The third-order valence-corrected chi connectivity index (χ3v) is 3.73. The van der Waals surface area contributed by atoms with E-state index in [1.807, 2.05) is 11.0 Å². The largest absolute Gasteiger partial charge is 0.463 e. The maximum absolute atomic E-state index is 12.2. The smallest absolute Gasteiger partial charge is 0.317 e. The van der Waals surface area contributed by atoms with Crippen molar-refractivity contribution in [2.24, 2.45) is 0 Å². The molecule has 2 aromatic rings. The van der Waals surface area contributed by atoms with Crippen LogP contribution in [0.1, 0.15) is 5.69 Å². The van der Waals surface area contributed by atoms with Crippen LogP contribution >= 0.6 is 0 Å². The van der Waals surface area contributed by atoms with Gasteiger partial charge in [0.05, 0.1) is 18.5 Å². The van der Waals surface area contributed by atoms with Crippen LogP contribution < -0.4 is 5.32 Å². The summed E-state index contributed by atoms with van der Waals surface area (Å²) in [6, 6.07) is 3.57. The summed E-state index contributed by atoms with van der Waals surface area (Å²) in [6.07, 6.45) is 4.82. The molecule has 1 fully saturated rings. The molecule has 22 heavy (non-hydrogen) atoms. The van der Waals surface area contributed by atoms with Crippen LogP contribution in [-0.2, 0) is 6.54 Å². The van der Waals surface area contributed by atoms with E-state index in [1.54, 1.807) is 24.7 Å². The van der Waals surface area contributed by atoms with Crippen LogP contribution in [0.15, 0.2) is 35.2 Å². The number of rotatable bonds is 3. The summed E-state index contributed by atoms with van der Waals surface area (Å²) < 4.78 is 5.36. The average molecular weight is 301 g/mol. The topological polar surface area (TPSA) is 74.5 Å². The molecule has 0 aromatic carbocycles. The van der Waals surface area contributed by atoms with Gasteiger partial charge >= 0.3 is 6.03 Å². The van der Waals surface area contributed by atoms with Crippen LogP contribution in [0.2, 0.25) is 0 Å². The highest BCUT2D eigenvalue weighted by atomic mass is 16.3. The summed E-state index contributed by atoms with van der Waals surface area (Å²) in [6.45, 7) is 3.61. The summed E-state index contributed by atoms with van der Waals surface area (Å²) in [5.74, 6) is 0.650. The summed E-state index contributed by atoms with van der Waals surface area (Å²) in [7, 11) is 2.06. The molecule has 0 atom stereocenters. The van der Waals surface area contributed by atoms with Crippen molar-refractivity contribution in [3.8, 4) is 11.5 Å². The van der Waals surface area contributed by atoms with Crippen LogP contribution in [-0.4, -0.2) is 59.0 Å². The van der Waals surface area contributed by atoms with E-state index in [-0.39, 0.29) is 6.03 Å². The lowest BCUT2D eigenvalue weighted by molar-refractivity contribution is 0.154. The van der Waals surface area contributed by atoms with Crippen LogP contribution in [0, 0.1) is 0 Å². The molecule has 3 heterocycles. The van der Waals surface area contributed by atoms with E-state index >= 15 is 0 Å². The second kappa shape index (κ2) is 6.57. The zero-order valence-corrected chi connectivity index (χ0v) is 12.5. The van der Waals surface area contributed by atoms with Gasteiger partial charge in [-0.2, -0.15) is 0 Å². The van der Waals surface area contributed by atoms with Crippen molar-refractivity contribution < 1.29 is 9.21 Å². The van der Waals surface area contributed by atoms with Gasteiger partial charge in [0, 0.05) is 38.6 Å². The zero-order valence-electron chi connectivity index (χ0n) is 12.5. The van der Waals surface area contributed by atoms with Gasteiger partial charge in [-0.15, -0.1) is 0 Å². The van der Waals surface area contributed by atoms with E-state index in [9.17, 15) is 4.79 Å². The predicted octanol–water partition coefficient (Wildman–Crippen LogP) is 1.19. The first kappa shape index (κ1) is 14.5. The van der Waals surface area contributed by atoms with Crippen molar-refractivity contribution in [3.63, 3.8) is 0 Å². The molecular formula is C15H19N5O2. The molecule has 0 aliphatic carbocycles. The number of amides is 2. The van der Waals surface area contributed by atoms with Crippen LogP contribution in [0.4, 0.5) is 4.79 Å². The van der Waals surface area contributed by atoms with Gasteiger partial charge in [-0.3, -0.25) is 4.98 Å². The average Bonchev–Trinajstić information content (AvgIpc) is 3.08. The first-order chi connectivity index (χ1) is 10.7. The Hall–Kier alpha value is -2.41. The maximum atomic E-state index is 12.2. The van der Waals surface area contributed by atoms with Crippen LogP contribution in [0.5, 0.6) is 0 Å². The SMILES string of the molecule is CN1CCN(C(=O)NCc2nccnc2-c2ccco2)CC1. The summed E-state index contributed by atoms with van der Waals surface area (Å²) in [5.41, 5.74) is 1.35. The van der Waals surface area contributed by atoms with Crippen molar-refractivity contribution in [2.45, 2.75) is 6.54 Å². The Morgan fingerprint density at radius 2 is 2.05 bits per heavy atom. The van der Waals surface area contributed by atoms with Gasteiger partial charge < -0.3 is 19.5 Å². The Bertz CT molecular complexity index is 621. The van der Waals surface area contributed by atoms with E-state index in [2.05, 4.69) is 27.2 Å². The minimum absolute atomic E-state index is 0.0656. The first-order valence-corrected chi connectivity index (χ1v) is 7.29. The molecule has 0 unspecified atom stereocenters. The van der Waals surface area contributed by atoms with Crippen molar-refractivity contribution >= 4 is 6.03 Å². The monoisotopic (exact) mass is 301 g/mol. The minimum Gasteiger partial charge on any atom is -0.463 e. The Balaban J connectivity index is 1.63. The van der Waals surface area contributed by atoms with Crippen molar-refractivity contribution in [3.05, 3.63) is 36.5 Å². The van der Waals surface area contributed by atoms with E-state index in [1.165, 1.54) is 0 Å². The number of nitrogens with one attached hydrogen (secondary N) is 1. The number of urea groups is 1. The fourth-order valence-electron chi connectivity index (χ4n) is 2.40. The van der Waals surface area contributed by atoms with E-state index in [0.29, 0.717) is 23.7 Å². The molecule has 0 radical (unpaired) electrons. The fourth-order valence-corrected chi connectivity index (χ4v) is 2.40. The highest BCUT2D eigenvalue weighted by Crippen LogP contribution is 2.19. The van der Waals surface area contributed by atoms with E-state index < -0.39 is 0 Å². The third kappa shape index (κ3) is 3.25. The highest BCUT2D eigenvalue weighted by Gasteiger charge is 2.19. The van der Waals surface area contributed by atoms with Gasteiger partial charge in [0.1, 0.15) is 5.69 Å². The number of hydrogen-bond donors (Lipinski definition) is 1. The molecule has 0 spiro atoms. The zero-order chi connectivity index (χ0) is 15.4. The molecule has 1 saturated heterocycles. The molecule has 3 rings (SSSR count). The second-order valence-electron chi connectivity index (χ2n) is 5.28. The fraction of sp³-hybridized carbons (Fsp3) is 0.400. The Kier molecular flexibility index (Phi) is 4.34. The van der Waals surface area contributed by atoms with Crippen molar-refractivity contribution in [1.29, 1.82) is 0 Å². The third-order valence-electron chi connectivity index (χ3n) is 3.73. The number of furan rings is 1. The van der Waals surface area contributed by atoms with E-state index in [0.717, 1.165) is 26.2 Å². The van der Waals surface area contributed by atoms with Crippen molar-refractivity contribution in [2.75, 3.05) is 33.2 Å². The van der Waals surface area contributed by atoms with Gasteiger partial charge in [0.25, 0.3) is 0 Å². The summed E-state index contributed by atoms with van der Waals surface area (Å²) >= 11 is 0. The molecule has 2 amide bonds. The molecule has 1 aliphatic rings. The van der Waals surface area contributed by atoms with Crippen LogP contribution in [0.25, 0.3) is 11.5 Å². The standard InChI is InChI=1S/C15H19N5O2/c1-19-6-8-20(9-7-19)15(21)18-11-12-14(17-5-4-16-12)13-3-2-10-22-13/h2-5,10H,6-9,11H2,1H3,(H,18,21). The number of piperazine rings is 1. The van der Waals surface area contributed by atoms with Gasteiger partial charge in [-0.05, 0) is 19.2 Å². The summed E-state index contributed by atoms with van der Waals surface area (Å²) in [5, 5.41) is 2.91. The first-order valence-electron chi connectivity index (χ1n) is 7.29. The minimum atomic E-state index is -0.0656. The van der Waals surface area contributed by atoms with Crippen LogP contribution in [0.3, 0.4) is 0 Å². The Labute approximate surface area is 129 Å². The van der Waals surface area contributed by atoms with Gasteiger partial charge in [-0.25, -0.2) is 9.78 Å². The number of likely N-dealkylation sites (N-methyl/N-ethyl adjacent to an activating group) is 1. The van der Waals surface area contributed by atoms with Crippen molar-refractivity contribution in [1.82, 2.24) is 25.1 Å². The molecule has 7 heteroatoms. The van der Waals surface area contributed by atoms with Gasteiger partial charge in [0.15, 0.2) is 5.76 Å². The van der Waals surface area contributed by atoms with Gasteiger partial charge in [-0.1, -0.05) is 0 Å². The molecule has 2 aromatic heterocycles. The lowest BCUT2D eigenvalue weighted by atomic mass is 10.2. The number of nitrogens with zero attached hydrogens (tertiary/aromatic N) is 4.